The van der Waals surface area contributed by atoms with Gasteiger partial charge in [0.1, 0.15) is 0 Å². The Bertz CT molecular complexity index is 689. The minimum absolute atomic E-state index is 0.301. The van der Waals surface area contributed by atoms with E-state index in [4.69, 9.17) is 5.11 Å². The zero-order valence-corrected chi connectivity index (χ0v) is 11.6. The number of amides is 1. The van der Waals surface area contributed by atoms with Crippen molar-refractivity contribution in [3.8, 4) is 0 Å². The van der Waals surface area contributed by atoms with Crippen LogP contribution in [0, 0.1) is 0 Å². The average Bonchev–Trinajstić information content (AvgIpc) is 2.91. The quantitative estimate of drug-likeness (QED) is 0.898. The van der Waals surface area contributed by atoms with Crippen molar-refractivity contribution < 1.29 is 9.90 Å². The number of hydrogen-bond donors (Lipinski definition) is 2. The predicted molar refractivity (Wildman–Crippen MR) is 76.2 cm³/mol. The van der Waals surface area contributed by atoms with Gasteiger partial charge in [0, 0.05) is 18.0 Å². The van der Waals surface area contributed by atoms with Crippen LogP contribution in [0.15, 0.2) is 24.5 Å². The lowest BCUT2D eigenvalue weighted by atomic mass is 10.2. The van der Waals surface area contributed by atoms with Gasteiger partial charge in [-0.2, -0.15) is 0 Å². The largest absolute Gasteiger partial charge is 0.465 e. The van der Waals surface area contributed by atoms with Crippen molar-refractivity contribution >= 4 is 17.7 Å². The first-order valence-corrected chi connectivity index (χ1v) is 6.71. The van der Waals surface area contributed by atoms with Gasteiger partial charge in [0.15, 0.2) is 0 Å². The number of aryl methyl sites for hydroxylation is 1. The molecule has 2 aromatic heterocycles. The number of hydrogen-bond acceptors (Lipinski definition) is 5. The maximum atomic E-state index is 11.0. The van der Waals surface area contributed by atoms with Gasteiger partial charge < -0.3 is 10.4 Å². The molecule has 0 atom stereocenters. The lowest BCUT2D eigenvalue weighted by molar-refractivity contribution is 0.145. The van der Waals surface area contributed by atoms with Gasteiger partial charge >= 0.3 is 6.09 Å². The number of rotatable bonds is 3. The fourth-order valence-electron chi connectivity index (χ4n) is 2.30. The zero-order chi connectivity index (χ0) is 14.8. The van der Waals surface area contributed by atoms with Crippen LogP contribution in [0.2, 0.25) is 0 Å². The third-order valence-corrected chi connectivity index (χ3v) is 3.40. The molecule has 108 valence electrons. The summed E-state index contributed by atoms with van der Waals surface area (Å²) in [7, 11) is 0. The molecule has 1 aliphatic rings. The van der Waals surface area contributed by atoms with Crippen LogP contribution < -0.4 is 5.32 Å². The molecule has 0 radical (unpaired) electrons. The van der Waals surface area contributed by atoms with Gasteiger partial charge in [0.25, 0.3) is 0 Å². The van der Waals surface area contributed by atoms with E-state index in [2.05, 4.69) is 20.3 Å². The van der Waals surface area contributed by atoms with Gasteiger partial charge in [-0.3, -0.25) is 9.88 Å². The molecule has 0 saturated heterocycles. The van der Waals surface area contributed by atoms with E-state index in [0.717, 1.165) is 29.1 Å². The van der Waals surface area contributed by atoms with Crippen molar-refractivity contribution in [2.24, 2.45) is 0 Å². The van der Waals surface area contributed by atoms with Crippen LogP contribution in [0.1, 0.15) is 23.9 Å². The number of aromatic nitrogens is 3. The molecule has 1 aliphatic heterocycles. The highest BCUT2D eigenvalue weighted by Crippen LogP contribution is 2.23. The van der Waals surface area contributed by atoms with Crippen molar-refractivity contribution in [1.82, 2.24) is 19.9 Å². The summed E-state index contributed by atoms with van der Waals surface area (Å²) in [6.45, 7) is 2.68. The maximum absolute atomic E-state index is 11.0. The number of carbonyl (C=O) groups is 1. The number of nitrogens with zero attached hydrogens (tertiary/aromatic N) is 4. The molecule has 0 fully saturated rings. The molecule has 0 saturated carbocycles. The van der Waals surface area contributed by atoms with Crippen LogP contribution in [0.3, 0.4) is 0 Å². The molecule has 1 amide bonds. The lowest BCUT2D eigenvalue weighted by Gasteiger charge is -2.09. The van der Waals surface area contributed by atoms with Crippen LogP contribution in [0.4, 0.5) is 16.4 Å². The second-order valence-electron chi connectivity index (χ2n) is 4.78. The summed E-state index contributed by atoms with van der Waals surface area (Å²) < 4.78 is 0. The third kappa shape index (κ3) is 2.62. The van der Waals surface area contributed by atoms with Crippen LogP contribution in [-0.4, -0.2) is 31.1 Å². The molecular weight excluding hydrogens is 270 g/mol. The Morgan fingerprint density at radius 3 is 3.05 bits per heavy atom. The fourth-order valence-corrected chi connectivity index (χ4v) is 2.30. The highest BCUT2D eigenvalue weighted by atomic mass is 16.4. The fraction of sp³-hybridized carbons (Fsp3) is 0.286. The Kier molecular flexibility index (Phi) is 3.39. The van der Waals surface area contributed by atoms with Crippen LogP contribution >= 0.6 is 0 Å². The third-order valence-electron chi connectivity index (χ3n) is 3.40. The molecular formula is C14H15N5O2. The SMILES string of the molecule is CCc1ncccc1Nc1ncc2c(n1)CN(C(=O)O)C2. The van der Waals surface area contributed by atoms with Crippen molar-refractivity contribution in [3.63, 3.8) is 0 Å². The normalized spacial score (nSPS) is 13.1. The van der Waals surface area contributed by atoms with E-state index in [9.17, 15) is 4.79 Å². The van der Waals surface area contributed by atoms with E-state index < -0.39 is 6.09 Å². The molecule has 2 N–H and O–H groups in total. The topological polar surface area (TPSA) is 91.2 Å². The summed E-state index contributed by atoms with van der Waals surface area (Å²) in [6.07, 6.45) is 3.29. The molecule has 3 heterocycles. The Balaban J connectivity index is 1.83. The molecule has 2 aromatic rings. The summed E-state index contributed by atoms with van der Waals surface area (Å²) in [6, 6.07) is 3.77. The van der Waals surface area contributed by atoms with Crippen molar-refractivity contribution in [2.75, 3.05) is 5.32 Å². The second-order valence-corrected chi connectivity index (χ2v) is 4.78. The Morgan fingerprint density at radius 2 is 2.29 bits per heavy atom. The first-order valence-electron chi connectivity index (χ1n) is 6.71. The highest BCUT2D eigenvalue weighted by molar-refractivity contribution is 5.66. The van der Waals surface area contributed by atoms with Gasteiger partial charge in [-0.1, -0.05) is 6.92 Å². The minimum atomic E-state index is -0.942. The molecule has 3 rings (SSSR count). The molecule has 0 unspecified atom stereocenters. The number of nitrogens with one attached hydrogen (secondary N) is 1. The number of carboxylic acid groups (broad SMARTS) is 1. The smallest absolute Gasteiger partial charge is 0.407 e. The number of fused-ring (bicyclic) bond motifs is 1. The summed E-state index contributed by atoms with van der Waals surface area (Å²) in [5, 5.41) is 12.2. The molecule has 21 heavy (non-hydrogen) atoms. The minimum Gasteiger partial charge on any atom is -0.465 e. The van der Waals surface area contributed by atoms with Crippen LogP contribution in [-0.2, 0) is 19.5 Å². The molecule has 0 spiro atoms. The first kappa shape index (κ1) is 13.3. The van der Waals surface area contributed by atoms with Crippen molar-refractivity contribution in [2.45, 2.75) is 26.4 Å². The average molecular weight is 285 g/mol. The standard InChI is InChI=1S/C14H15N5O2/c1-2-10-11(4-3-5-15-10)17-13-16-6-9-7-19(14(20)21)8-12(9)18-13/h3-6H,2,7-8H2,1H3,(H,20,21)(H,16,17,18). The highest BCUT2D eigenvalue weighted by Gasteiger charge is 2.24. The summed E-state index contributed by atoms with van der Waals surface area (Å²) >= 11 is 0. The molecule has 0 bridgehead atoms. The Morgan fingerprint density at radius 1 is 1.43 bits per heavy atom. The van der Waals surface area contributed by atoms with Gasteiger partial charge in [0.05, 0.1) is 30.2 Å². The Hall–Kier alpha value is -2.70. The second kappa shape index (κ2) is 5.35. The summed E-state index contributed by atoms with van der Waals surface area (Å²) in [5.74, 6) is 0.462. The van der Waals surface area contributed by atoms with E-state index >= 15 is 0 Å². The number of pyridine rings is 1. The van der Waals surface area contributed by atoms with E-state index in [0.29, 0.717) is 19.0 Å². The molecule has 7 nitrogen and oxygen atoms in total. The van der Waals surface area contributed by atoms with Gasteiger partial charge in [0.2, 0.25) is 5.95 Å². The van der Waals surface area contributed by atoms with Crippen LogP contribution in [0.5, 0.6) is 0 Å². The molecule has 0 aliphatic carbocycles. The Labute approximate surface area is 121 Å². The van der Waals surface area contributed by atoms with Gasteiger partial charge in [-0.05, 0) is 18.6 Å². The van der Waals surface area contributed by atoms with E-state index in [1.165, 1.54) is 4.90 Å². The lowest BCUT2D eigenvalue weighted by Crippen LogP contribution is -2.22. The van der Waals surface area contributed by atoms with Crippen molar-refractivity contribution in [1.29, 1.82) is 0 Å². The molecule has 0 aromatic carbocycles. The summed E-state index contributed by atoms with van der Waals surface area (Å²) in [4.78, 5) is 25.2. The van der Waals surface area contributed by atoms with E-state index in [-0.39, 0.29) is 0 Å². The van der Waals surface area contributed by atoms with E-state index in [1.54, 1.807) is 12.4 Å². The van der Waals surface area contributed by atoms with Gasteiger partial charge in [-0.25, -0.2) is 14.8 Å². The van der Waals surface area contributed by atoms with Crippen molar-refractivity contribution in [3.05, 3.63) is 41.5 Å². The van der Waals surface area contributed by atoms with Crippen LogP contribution in [0.25, 0.3) is 0 Å². The zero-order valence-electron chi connectivity index (χ0n) is 11.6. The van der Waals surface area contributed by atoms with Gasteiger partial charge in [-0.15, -0.1) is 0 Å². The maximum Gasteiger partial charge on any atom is 0.407 e. The number of anilines is 2. The predicted octanol–water partition coefficient (Wildman–Crippen LogP) is 2.17. The first-order chi connectivity index (χ1) is 10.2. The summed E-state index contributed by atoms with van der Waals surface area (Å²) in [5.41, 5.74) is 3.41. The molecule has 7 heteroatoms. The monoisotopic (exact) mass is 285 g/mol. The van der Waals surface area contributed by atoms with E-state index in [1.807, 2.05) is 19.1 Å².